The average molecular weight is 365 g/mol. The summed E-state index contributed by atoms with van der Waals surface area (Å²) in [7, 11) is 1.36. The first-order chi connectivity index (χ1) is 13.1. The van der Waals surface area contributed by atoms with E-state index >= 15 is 0 Å². The van der Waals surface area contributed by atoms with Crippen LogP contribution < -0.4 is 5.32 Å². The highest BCUT2D eigenvalue weighted by Gasteiger charge is 2.42. The van der Waals surface area contributed by atoms with E-state index in [1.807, 2.05) is 43.3 Å². The van der Waals surface area contributed by atoms with Crippen molar-refractivity contribution < 1.29 is 18.7 Å². The van der Waals surface area contributed by atoms with E-state index in [9.17, 15) is 9.59 Å². The molecule has 0 saturated heterocycles. The topological polar surface area (TPSA) is 68.5 Å². The van der Waals surface area contributed by atoms with Crippen LogP contribution in [0.5, 0.6) is 0 Å². The highest BCUT2D eigenvalue weighted by atomic mass is 16.5. The van der Waals surface area contributed by atoms with E-state index in [0.717, 1.165) is 41.0 Å². The number of benzene rings is 2. The minimum atomic E-state index is -0.961. The third-order valence-electron chi connectivity index (χ3n) is 5.67. The number of esters is 1. The van der Waals surface area contributed by atoms with Gasteiger partial charge in [0, 0.05) is 16.3 Å². The maximum atomic E-state index is 13.1. The number of aryl methyl sites for hydroxylation is 1. The fourth-order valence-electron chi connectivity index (χ4n) is 4.17. The maximum Gasteiger partial charge on any atom is 0.331 e. The van der Waals surface area contributed by atoms with E-state index in [-0.39, 0.29) is 17.6 Å². The largest absolute Gasteiger partial charge is 0.467 e. The zero-order valence-corrected chi connectivity index (χ0v) is 15.6. The van der Waals surface area contributed by atoms with Crippen molar-refractivity contribution in [3.05, 3.63) is 47.7 Å². The molecule has 1 fully saturated rings. The number of hydrogen-bond acceptors (Lipinski definition) is 4. The lowest BCUT2D eigenvalue weighted by Gasteiger charge is -2.34. The van der Waals surface area contributed by atoms with Gasteiger partial charge in [0.05, 0.1) is 7.11 Å². The summed E-state index contributed by atoms with van der Waals surface area (Å²) in [6, 6.07) is 11.9. The number of furan rings is 1. The Balaban J connectivity index is 1.75. The molecule has 1 aromatic heterocycles. The summed E-state index contributed by atoms with van der Waals surface area (Å²) in [6.07, 6.45) is 4.02. The molecule has 5 nitrogen and oxygen atoms in total. The van der Waals surface area contributed by atoms with Crippen LogP contribution in [-0.4, -0.2) is 24.5 Å². The second-order valence-corrected chi connectivity index (χ2v) is 7.31. The molecule has 0 atom stereocenters. The van der Waals surface area contributed by atoms with Crippen molar-refractivity contribution in [2.75, 3.05) is 7.11 Å². The summed E-state index contributed by atoms with van der Waals surface area (Å²) in [6.45, 7) is 1.88. The van der Waals surface area contributed by atoms with Gasteiger partial charge in [-0.15, -0.1) is 0 Å². The Morgan fingerprint density at radius 1 is 1.04 bits per heavy atom. The van der Waals surface area contributed by atoms with Crippen molar-refractivity contribution in [2.45, 2.75) is 44.6 Å². The molecule has 0 unspecified atom stereocenters. The number of fused-ring (bicyclic) bond motifs is 3. The van der Waals surface area contributed by atoms with Gasteiger partial charge in [-0.25, -0.2) is 4.79 Å². The van der Waals surface area contributed by atoms with Gasteiger partial charge in [-0.05, 0) is 25.2 Å². The van der Waals surface area contributed by atoms with Gasteiger partial charge in [-0.2, -0.15) is 0 Å². The zero-order chi connectivity index (χ0) is 19.0. The predicted octanol–water partition coefficient (Wildman–Crippen LogP) is 4.50. The molecule has 0 aliphatic heterocycles. The molecule has 4 rings (SSSR count). The Morgan fingerprint density at radius 2 is 1.78 bits per heavy atom. The van der Waals surface area contributed by atoms with Crippen LogP contribution in [0.2, 0.25) is 0 Å². The van der Waals surface area contributed by atoms with E-state index in [1.54, 1.807) is 0 Å². The minimum Gasteiger partial charge on any atom is -0.467 e. The van der Waals surface area contributed by atoms with E-state index in [4.69, 9.17) is 9.15 Å². The third kappa shape index (κ3) is 2.87. The van der Waals surface area contributed by atoms with Crippen molar-refractivity contribution in [1.82, 2.24) is 5.32 Å². The molecule has 3 aromatic rings. The van der Waals surface area contributed by atoms with Crippen LogP contribution in [0.4, 0.5) is 0 Å². The van der Waals surface area contributed by atoms with Crippen LogP contribution in [0.25, 0.3) is 21.7 Å². The van der Waals surface area contributed by atoms with Crippen molar-refractivity contribution in [1.29, 1.82) is 0 Å². The normalized spacial score (nSPS) is 16.4. The van der Waals surface area contributed by atoms with Crippen LogP contribution in [-0.2, 0) is 9.53 Å². The number of carbonyl (C=O) groups excluding carboxylic acids is 2. The summed E-state index contributed by atoms with van der Waals surface area (Å²) < 4.78 is 11.0. The molecule has 27 heavy (non-hydrogen) atoms. The van der Waals surface area contributed by atoms with E-state index in [2.05, 4.69) is 5.32 Å². The molecular formula is C22H23NO4. The molecule has 1 aliphatic carbocycles. The first kappa shape index (κ1) is 17.6. The first-order valence-electron chi connectivity index (χ1n) is 9.37. The molecule has 1 saturated carbocycles. The maximum absolute atomic E-state index is 13.1. The molecule has 0 bridgehead atoms. The molecule has 1 amide bonds. The Bertz CT molecular complexity index is 1030. The van der Waals surface area contributed by atoms with Gasteiger partial charge in [-0.3, -0.25) is 4.79 Å². The van der Waals surface area contributed by atoms with E-state index < -0.39 is 5.54 Å². The SMILES string of the molecule is COC(=O)C1(NC(=O)c2oc3c(ccc4ccccc43)c2C)CCCCC1. The summed E-state index contributed by atoms with van der Waals surface area (Å²) in [5.74, 6) is -0.481. The quantitative estimate of drug-likeness (QED) is 0.694. The van der Waals surface area contributed by atoms with Crippen LogP contribution in [0.3, 0.4) is 0 Å². The number of hydrogen-bond donors (Lipinski definition) is 1. The number of nitrogens with one attached hydrogen (secondary N) is 1. The Labute approximate surface area is 157 Å². The van der Waals surface area contributed by atoms with Crippen LogP contribution in [0.15, 0.2) is 40.8 Å². The van der Waals surface area contributed by atoms with Gasteiger partial charge in [0.15, 0.2) is 5.76 Å². The highest BCUT2D eigenvalue weighted by molar-refractivity contribution is 6.09. The lowest BCUT2D eigenvalue weighted by atomic mass is 9.81. The van der Waals surface area contributed by atoms with Crippen molar-refractivity contribution in [3.8, 4) is 0 Å². The van der Waals surface area contributed by atoms with Gasteiger partial charge in [0.2, 0.25) is 0 Å². The number of amides is 1. The number of methoxy groups -OCH3 is 1. The Kier molecular flexibility index (Phi) is 4.38. The molecule has 0 spiro atoms. The highest BCUT2D eigenvalue weighted by Crippen LogP contribution is 2.33. The average Bonchev–Trinajstić information content (AvgIpc) is 3.05. The summed E-state index contributed by atoms with van der Waals surface area (Å²) >= 11 is 0. The molecule has 1 heterocycles. The molecule has 5 heteroatoms. The van der Waals surface area contributed by atoms with Gasteiger partial charge >= 0.3 is 5.97 Å². The van der Waals surface area contributed by atoms with Gasteiger partial charge in [0.1, 0.15) is 11.1 Å². The Morgan fingerprint density at radius 3 is 2.52 bits per heavy atom. The van der Waals surface area contributed by atoms with E-state index in [1.165, 1.54) is 7.11 Å². The summed E-state index contributed by atoms with van der Waals surface area (Å²) in [4.78, 5) is 25.5. The lowest BCUT2D eigenvalue weighted by molar-refractivity contribution is -0.149. The molecular weight excluding hydrogens is 342 g/mol. The fraction of sp³-hybridized carbons (Fsp3) is 0.364. The van der Waals surface area contributed by atoms with Crippen molar-refractivity contribution >= 4 is 33.6 Å². The van der Waals surface area contributed by atoms with E-state index in [0.29, 0.717) is 18.4 Å². The smallest absolute Gasteiger partial charge is 0.331 e. The fourth-order valence-corrected chi connectivity index (χ4v) is 4.17. The third-order valence-corrected chi connectivity index (χ3v) is 5.67. The second-order valence-electron chi connectivity index (χ2n) is 7.31. The van der Waals surface area contributed by atoms with Gasteiger partial charge < -0.3 is 14.5 Å². The molecule has 2 aromatic carbocycles. The van der Waals surface area contributed by atoms with Crippen LogP contribution in [0.1, 0.15) is 48.2 Å². The number of carbonyl (C=O) groups is 2. The second kappa shape index (κ2) is 6.72. The van der Waals surface area contributed by atoms with Crippen molar-refractivity contribution in [2.24, 2.45) is 0 Å². The summed E-state index contributed by atoms with van der Waals surface area (Å²) in [5, 5.41) is 5.88. The van der Waals surface area contributed by atoms with Crippen LogP contribution in [0, 0.1) is 6.92 Å². The molecule has 1 aliphatic rings. The Hall–Kier alpha value is -2.82. The monoisotopic (exact) mass is 365 g/mol. The minimum absolute atomic E-state index is 0.259. The van der Waals surface area contributed by atoms with Gasteiger partial charge in [-0.1, -0.05) is 55.7 Å². The standard InChI is InChI=1S/C22H23NO4/c1-14-16-11-10-15-8-4-5-9-17(15)19(16)27-18(14)20(24)23-22(21(25)26-2)12-6-3-7-13-22/h4-5,8-11H,3,6-7,12-13H2,1-2H3,(H,23,24). The molecule has 0 radical (unpaired) electrons. The predicted molar refractivity (Wildman–Crippen MR) is 104 cm³/mol. The zero-order valence-electron chi connectivity index (χ0n) is 15.6. The number of ether oxygens (including phenoxy) is 1. The summed E-state index contributed by atoms with van der Waals surface area (Å²) in [5.41, 5.74) is 0.521. The van der Waals surface area contributed by atoms with Gasteiger partial charge in [0.25, 0.3) is 5.91 Å². The number of rotatable bonds is 3. The first-order valence-corrected chi connectivity index (χ1v) is 9.37. The molecule has 140 valence electrons. The molecule has 1 N–H and O–H groups in total. The van der Waals surface area contributed by atoms with Crippen molar-refractivity contribution in [3.63, 3.8) is 0 Å². The lowest BCUT2D eigenvalue weighted by Crippen LogP contribution is -2.56. The van der Waals surface area contributed by atoms with Crippen LogP contribution >= 0.6 is 0 Å².